The first-order valence-corrected chi connectivity index (χ1v) is 13.5. The van der Waals surface area contributed by atoms with Gasteiger partial charge >= 0.3 is 5.97 Å². The van der Waals surface area contributed by atoms with Crippen LogP contribution < -0.4 is 24.4 Å². The number of carbonyl (C=O) groups excluding carboxylic acids is 1. The molecule has 184 valence electrons. The van der Waals surface area contributed by atoms with Crippen molar-refractivity contribution in [1.29, 1.82) is 0 Å². The lowest BCUT2D eigenvalue weighted by atomic mass is 9.95. The normalized spacial score (nSPS) is 15.7. The van der Waals surface area contributed by atoms with Crippen molar-refractivity contribution in [3.05, 3.63) is 75.5 Å². The minimum absolute atomic E-state index is 0.0399. The molecule has 0 amide bonds. The highest BCUT2D eigenvalue weighted by Gasteiger charge is 2.34. The average molecular weight is 578 g/mol. The zero-order valence-corrected chi connectivity index (χ0v) is 23.2. The largest absolute Gasteiger partial charge is 0.493 e. The summed E-state index contributed by atoms with van der Waals surface area (Å²) in [5, 5.41) is 0. The summed E-state index contributed by atoms with van der Waals surface area (Å²) in [6.45, 7) is 7.59. The van der Waals surface area contributed by atoms with E-state index in [-0.39, 0.29) is 18.3 Å². The van der Waals surface area contributed by atoms with E-state index in [0.717, 1.165) is 8.66 Å². The molecular weight excluding hydrogens is 552 g/mol. The lowest BCUT2D eigenvalue weighted by Crippen LogP contribution is -2.39. The number of nitrogens with zero attached hydrogens (tertiary/aromatic N) is 2. The molecule has 0 fully saturated rings. The Balaban J connectivity index is 1.94. The summed E-state index contributed by atoms with van der Waals surface area (Å²) >= 11 is 6.29. The summed E-state index contributed by atoms with van der Waals surface area (Å²) in [5.74, 6) is 0.594. The molecule has 0 saturated carbocycles. The van der Waals surface area contributed by atoms with Crippen molar-refractivity contribution in [2.24, 2.45) is 4.99 Å². The molecule has 35 heavy (non-hydrogen) atoms. The Labute approximate surface area is 219 Å². The molecule has 0 unspecified atom stereocenters. The molecule has 10 heteroatoms. The fourth-order valence-electron chi connectivity index (χ4n) is 3.85. The van der Waals surface area contributed by atoms with Gasteiger partial charge in [-0.1, -0.05) is 17.4 Å². The summed E-state index contributed by atoms with van der Waals surface area (Å²) in [6.07, 6.45) is 1.81. The third kappa shape index (κ3) is 5.14. The van der Waals surface area contributed by atoms with Crippen LogP contribution in [-0.4, -0.2) is 30.4 Å². The first kappa shape index (κ1) is 25.4. The molecule has 0 N–H and O–H groups in total. The third-order valence-electron chi connectivity index (χ3n) is 5.25. The Morgan fingerprint density at radius 1 is 1.23 bits per heavy atom. The first-order valence-electron chi connectivity index (χ1n) is 11.0. The molecule has 7 nitrogen and oxygen atoms in total. The number of aromatic nitrogens is 1. The SMILES string of the molecule is CCOC(=O)C1=C(C)N=c2s/c(=C\c3ccc(Br)s3)c(=O)n2[C@@H]1c1ccc(OC(C)C)c(OC)c1. The van der Waals surface area contributed by atoms with Crippen molar-refractivity contribution in [3.8, 4) is 11.5 Å². The molecule has 0 aliphatic carbocycles. The van der Waals surface area contributed by atoms with Crippen LogP contribution in [-0.2, 0) is 9.53 Å². The molecule has 0 bridgehead atoms. The van der Waals surface area contributed by atoms with E-state index < -0.39 is 12.0 Å². The molecule has 4 rings (SSSR count). The van der Waals surface area contributed by atoms with Crippen molar-refractivity contribution < 1.29 is 19.0 Å². The monoisotopic (exact) mass is 576 g/mol. The highest BCUT2D eigenvalue weighted by atomic mass is 79.9. The van der Waals surface area contributed by atoms with E-state index >= 15 is 0 Å². The maximum atomic E-state index is 13.7. The minimum Gasteiger partial charge on any atom is -0.493 e. The van der Waals surface area contributed by atoms with Gasteiger partial charge < -0.3 is 14.2 Å². The van der Waals surface area contributed by atoms with E-state index in [0.29, 0.717) is 37.7 Å². The Bertz CT molecular complexity index is 1480. The highest BCUT2D eigenvalue weighted by Crippen LogP contribution is 2.36. The van der Waals surface area contributed by atoms with Crippen molar-refractivity contribution in [3.63, 3.8) is 0 Å². The number of methoxy groups -OCH3 is 1. The highest BCUT2D eigenvalue weighted by molar-refractivity contribution is 9.11. The number of carbonyl (C=O) groups is 1. The second-order valence-corrected chi connectivity index (χ2v) is 11.5. The van der Waals surface area contributed by atoms with Crippen LogP contribution >= 0.6 is 38.6 Å². The van der Waals surface area contributed by atoms with E-state index in [9.17, 15) is 9.59 Å². The van der Waals surface area contributed by atoms with Crippen LogP contribution in [0.25, 0.3) is 6.08 Å². The van der Waals surface area contributed by atoms with Crippen LogP contribution in [0.5, 0.6) is 11.5 Å². The van der Waals surface area contributed by atoms with Crippen LogP contribution in [0.15, 0.2) is 55.2 Å². The molecule has 3 heterocycles. The second-order valence-electron chi connectivity index (χ2n) is 8.02. The van der Waals surface area contributed by atoms with E-state index in [1.807, 2.05) is 38.1 Å². The number of hydrogen-bond acceptors (Lipinski definition) is 8. The van der Waals surface area contributed by atoms with Gasteiger partial charge in [0.2, 0.25) is 0 Å². The number of hydrogen-bond donors (Lipinski definition) is 0. The number of benzene rings is 1. The fourth-order valence-corrected chi connectivity index (χ4v) is 6.33. The smallest absolute Gasteiger partial charge is 0.338 e. The average Bonchev–Trinajstić information content (AvgIpc) is 3.35. The molecule has 1 atom stereocenters. The maximum Gasteiger partial charge on any atom is 0.338 e. The Morgan fingerprint density at radius 2 is 2.00 bits per heavy atom. The Morgan fingerprint density at radius 3 is 2.63 bits per heavy atom. The van der Waals surface area contributed by atoms with Gasteiger partial charge in [0.05, 0.1) is 45.5 Å². The summed E-state index contributed by atoms with van der Waals surface area (Å²) in [6, 6.07) is 8.60. The van der Waals surface area contributed by atoms with Gasteiger partial charge in [-0.2, -0.15) is 0 Å². The van der Waals surface area contributed by atoms with Gasteiger partial charge in [-0.15, -0.1) is 11.3 Å². The molecule has 1 aliphatic heterocycles. The van der Waals surface area contributed by atoms with E-state index in [1.165, 1.54) is 22.7 Å². The number of allylic oxidation sites excluding steroid dienone is 1. The fraction of sp³-hybridized carbons (Fsp3) is 0.320. The summed E-state index contributed by atoms with van der Waals surface area (Å²) in [7, 11) is 1.56. The topological polar surface area (TPSA) is 79.1 Å². The summed E-state index contributed by atoms with van der Waals surface area (Å²) in [4.78, 5) is 32.8. The second kappa shape index (κ2) is 10.5. The number of rotatable bonds is 7. The van der Waals surface area contributed by atoms with Crippen molar-refractivity contribution >= 4 is 50.6 Å². The van der Waals surface area contributed by atoms with E-state index in [4.69, 9.17) is 14.2 Å². The van der Waals surface area contributed by atoms with Crippen LogP contribution in [0.2, 0.25) is 0 Å². The zero-order valence-electron chi connectivity index (χ0n) is 20.0. The predicted molar refractivity (Wildman–Crippen MR) is 141 cm³/mol. The zero-order chi connectivity index (χ0) is 25.3. The standard InChI is InChI=1S/C25H25BrN2O5S2/c1-6-32-24(30)21-14(4)27-25-28(23(29)19(35-25)12-16-8-10-20(26)34-16)22(21)15-7-9-17(33-13(2)3)18(11-15)31-5/h7-13,22H,6H2,1-5H3/b19-12-/t22-/m1/s1. The molecular formula is C25H25BrN2O5S2. The van der Waals surface area contributed by atoms with E-state index in [1.54, 1.807) is 37.7 Å². The molecule has 2 aromatic heterocycles. The van der Waals surface area contributed by atoms with Gasteiger partial charge in [0, 0.05) is 4.88 Å². The Kier molecular flexibility index (Phi) is 7.63. The van der Waals surface area contributed by atoms with Crippen LogP contribution in [0.1, 0.15) is 44.2 Å². The Hall–Kier alpha value is -2.69. The van der Waals surface area contributed by atoms with Crippen LogP contribution in [0, 0.1) is 0 Å². The molecule has 0 spiro atoms. The van der Waals surface area contributed by atoms with E-state index in [2.05, 4.69) is 20.9 Å². The number of thiophene rings is 1. The van der Waals surface area contributed by atoms with Gasteiger partial charge in [0.1, 0.15) is 0 Å². The number of fused-ring (bicyclic) bond motifs is 1. The summed E-state index contributed by atoms with van der Waals surface area (Å²) in [5.41, 5.74) is 1.31. The predicted octanol–water partition coefficient (Wildman–Crippen LogP) is 4.42. The summed E-state index contributed by atoms with van der Waals surface area (Å²) < 4.78 is 19.9. The first-order chi connectivity index (χ1) is 16.7. The third-order valence-corrected chi connectivity index (χ3v) is 7.80. The molecule has 1 aromatic carbocycles. The minimum atomic E-state index is -0.718. The quantitative estimate of drug-likeness (QED) is 0.389. The lowest BCUT2D eigenvalue weighted by Gasteiger charge is -2.25. The van der Waals surface area contributed by atoms with Crippen molar-refractivity contribution in [2.75, 3.05) is 13.7 Å². The van der Waals surface area contributed by atoms with Gasteiger partial charge in [-0.3, -0.25) is 9.36 Å². The lowest BCUT2D eigenvalue weighted by molar-refractivity contribution is -0.139. The number of ether oxygens (including phenoxy) is 3. The number of esters is 1. The van der Waals surface area contributed by atoms with Crippen molar-refractivity contribution in [2.45, 2.75) is 39.8 Å². The number of halogens is 1. The van der Waals surface area contributed by atoms with Gasteiger partial charge in [0.25, 0.3) is 5.56 Å². The molecule has 1 aliphatic rings. The maximum absolute atomic E-state index is 13.7. The van der Waals surface area contributed by atoms with Gasteiger partial charge in [0.15, 0.2) is 16.3 Å². The van der Waals surface area contributed by atoms with Crippen LogP contribution in [0.3, 0.4) is 0 Å². The molecule has 0 radical (unpaired) electrons. The van der Waals surface area contributed by atoms with Gasteiger partial charge in [-0.05, 0) is 79.5 Å². The van der Waals surface area contributed by atoms with Crippen LogP contribution in [0.4, 0.5) is 0 Å². The molecule has 3 aromatic rings. The number of thiazole rings is 1. The molecule has 0 saturated heterocycles. The van der Waals surface area contributed by atoms with Gasteiger partial charge in [-0.25, -0.2) is 9.79 Å². The van der Waals surface area contributed by atoms with Crippen molar-refractivity contribution in [1.82, 2.24) is 4.57 Å².